The molecule has 6 heteroatoms. The van der Waals surface area contributed by atoms with Crippen LogP contribution >= 0.6 is 11.3 Å². The van der Waals surface area contributed by atoms with Crippen molar-refractivity contribution >= 4 is 22.4 Å². The van der Waals surface area contributed by atoms with Crippen LogP contribution in [0.1, 0.15) is 19.0 Å². The quantitative estimate of drug-likeness (QED) is 0.606. The number of esters is 1. The fourth-order valence-electron chi connectivity index (χ4n) is 1.13. The van der Waals surface area contributed by atoms with Crippen molar-refractivity contribution in [1.82, 2.24) is 9.99 Å². The zero-order chi connectivity index (χ0) is 12.0. The summed E-state index contributed by atoms with van der Waals surface area (Å²) in [5.74, 6) is -0.169. The molecule has 0 radical (unpaired) electrons. The van der Waals surface area contributed by atoms with Crippen molar-refractivity contribution < 1.29 is 9.53 Å². The molecule has 0 aliphatic rings. The van der Waals surface area contributed by atoms with Gasteiger partial charge in [0.25, 0.3) is 0 Å². The lowest BCUT2D eigenvalue weighted by Crippen LogP contribution is -2.19. The van der Waals surface area contributed by atoms with Crippen LogP contribution in [-0.4, -0.2) is 36.7 Å². The highest BCUT2D eigenvalue weighted by Crippen LogP contribution is 2.16. The predicted molar refractivity (Wildman–Crippen MR) is 64.4 cm³/mol. The Bertz CT molecular complexity index is 339. The van der Waals surface area contributed by atoms with Crippen LogP contribution in [0.25, 0.3) is 0 Å². The maximum Gasteiger partial charge on any atom is 0.306 e. The first-order valence-electron chi connectivity index (χ1n) is 5.15. The second kappa shape index (κ2) is 6.44. The summed E-state index contributed by atoms with van der Waals surface area (Å²) in [6.45, 7) is 2.24. The lowest BCUT2D eigenvalue weighted by atomic mass is 10.2. The number of hydrogen-bond acceptors (Lipinski definition) is 6. The number of aryl methyl sites for hydroxylation is 1. The number of rotatable bonds is 6. The number of carbonyl (C=O) groups excluding carboxylic acids is 1. The molecule has 16 heavy (non-hydrogen) atoms. The molecule has 0 aromatic carbocycles. The van der Waals surface area contributed by atoms with Crippen LogP contribution in [0, 0.1) is 0 Å². The first-order valence-corrected chi connectivity index (χ1v) is 6.03. The van der Waals surface area contributed by atoms with Crippen molar-refractivity contribution in [2.24, 2.45) is 0 Å². The maximum atomic E-state index is 11.1. The molecule has 1 heterocycles. The first-order chi connectivity index (χ1) is 7.61. The normalized spacial score (nSPS) is 10.5. The van der Waals surface area contributed by atoms with Gasteiger partial charge in [-0.1, -0.05) is 0 Å². The number of thiazole rings is 1. The van der Waals surface area contributed by atoms with E-state index < -0.39 is 0 Å². The molecule has 90 valence electrons. The number of nitrogens with zero attached hydrogens (tertiary/aromatic N) is 2. The van der Waals surface area contributed by atoms with Crippen LogP contribution in [0.15, 0.2) is 5.38 Å². The van der Waals surface area contributed by atoms with Crippen LogP contribution in [0.3, 0.4) is 0 Å². The summed E-state index contributed by atoms with van der Waals surface area (Å²) in [6.07, 6.45) is 1.02. The molecule has 1 aromatic rings. The molecular formula is C10H17N3O2S. The highest BCUT2D eigenvalue weighted by Gasteiger charge is 2.06. The number of anilines is 1. The number of ether oxygens (including phenoxy) is 1. The lowest BCUT2D eigenvalue weighted by Gasteiger charge is -2.09. The second-order valence-corrected chi connectivity index (χ2v) is 4.31. The Hall–Kier alpha value is -1.14. The number of hydrogen-bond donors (Lipinski definition) is 1. The van der Waals surface area contributed by atoms with Gasteiger partial charge >= 0.3 is 5.97 Å². The summed E-state index contributed by atoms with van der Waals surface area (Å²) in [4.78, 5) is 15.5. The summed E-state index contributed by atoms with van der Waals surface area (Å²) < 4.78 is 4.85. The van der Waals surface area contributed by atoms with E-state index in [9.17, 15) is 4.79 Å². The van der Waals surface area contributed by atoms with Crippen LogP contribution in [-0.2, 0) is 16.0 Å². The number of aromatic nitrogens is 1. The minimum Gasteiger partial charge on any atom is -0.466 e. The third kappa shape index (κ3) is 4.59. The fraction of sp³-hybridized carbons (Fsp3) is 0.600. The summed E-state index contributed by atoms with van der Waals surface area (Å²) in [5.41, 5.74) is 3.98. The standard InChI is InChI=1S/C10H17N3O2S/c1-4-15-9(14)6-5-8-7-16-10(11-8)12-13(2)3/h7H,4-6H2,1-3H3,(H,11,12). The Morgan fingerprint density at radius 1 is 1.62 bits per heavy atom. The van der Waals surface area contributed by atoms with Gasteiger partial charge in [-0.2, -0.15) is 0 Å². The largest absolute Gasteiger partial charge is 0.466 e. The van der Waals surface area contributed by atoms with E-state index in [1.165, 1.54) is 11.3 Å². The van der Waals surface area contributed by atoms with Crippen molar-refractivity contribution in [3.63, 3.8) is 0 Å². The van der Waals surface area contributed by atoms with Gasteiger partial charge in [-0.3, -0.25) is 10.2 Å². The van der Waals surface area contributed by atoms with Gasteiger partial charge in [0.1, 0.15) is 0 Å². The summed E-state index contributed by atoms with van der Waals surface area (Å²) >= 11 is 1.53. The molecule has 0 unspecified atom stereocenters. The molecule has 0 aliphatic carbocycles. The average Bonchev–Trinajstić information content (AvgIpc) is 2.62. The topological polar surface area (TPSA) is 54.5 Å². The second-order valence-electron chi connectivity index (χ2n) is 3.46. The fourth-order valence-corrected chi connectivity index (χ4v) is 1.95. The third-order valence-electron chi connectivity index (χ3n) is 1.76. The van der Waals surface area contributed by atoms with E-state index in [2.05, 4.69) is 10.4 Å². The van der Waals surface area contributed by atoms with Crippen LogP contribution in [0.5, 0.6) is 0 Å². The zero-order valence-corrected chi connectivity index (χ0v) is 10.6. The molecule has 0 saturated carbocycles. The van der Waals surface area contributed by atoms with Crippen molar-refractivity contribution in [3.8, 4) is 0 Å². The van der Waals surface area contributed by atoms with E-state index in [4.69, 9.17) is 4.74 Å². The summed E-state index contributed by atoms with van der Waals surface area (Å²) in [5, 5.41) is 4.61. The number of carbonyl (C=O) groups is 1. The van der Waals surface area contributed by atoms with Gasteiger partial charge < -0.3 is 4.74 Å². The van der Waals surface area contributed by atoms with E-state index in [1.807, 2.05) is 24.5 Å². The van der Waals surface area contributed by atoms with Gasteiger partial charge in [0.2, 0.25) is 0 Å². The minimum atomic E-state index is -0.169. The Kier molecular flexibility index (Phi) is 5.21. The van der Waals surface area contributed by atoms with Crippen LogP contribution in [0.4, 0.5) is 5.13 Å². The molecule has 1 rings (SSSR count). The lowest BCUT2D eigenvalue weighted by molar-refractivity contribution is -0.143. The Balaban J connectivity index is 2.37. The minimum absolute atomic E-state index is 0.169. The molecule has 1 aromatic heterocycles. The van der Waals surface area contributed by atoms with Gasteiger partial charge in [0.15, 0.2) is 5.13 Å². The van der Waals surface area contributed by atoms with Gasteiger partial charge in [-0.15, -0.1) is 11.3 Å². The van der Waals surface area contributed by atoms with E-state index in [-0.39, 0.29) is 5.97 Å². The smallest absolute Gasteiger partial charge is 0.306 e. The van der Waals surface area contributed by atoms with Crippen molar-refractivity contribution in [2.75, 3.05) is 26.1 Å². The Morgan fingerprint density at radius 3 is 3.00 bits per heavy atom. The summed E-state index contributed by atoms with van der Waals surface area (Å²) in [6, 6.07) is 0. The van der Waals surface area contributed by atoms with Crippen LogP contribution < -0.4 is 5.43 Å². The van der Waals surface area contributed by atoms with E-state index in [1.54, 1.807) is 6.92 Å². The SMILES string of the molecule is CCOC(=O)CCc1csc(NN(C)C)n1. The van der Waals surface area contributed by atoms with E-state index in [0.29, 0.717) is 19.4 Å². The monoisotopic (exact) mass is 243 g/mol. The molecule has 0 fully saturated rings. The highest BCUT2D eigenvalue weighted by molar-refractivity contribution is 7.13. The molecule has 0 aliphatic heterocycles. The van der Waals surface area contributed by atoms with Gasteiger partial charge in [0.05, 0.1) is 18.7 Å². The van der Waals surface area contributed by atoms with E-state index >= 15 is 0 Å². The third-order valence-corrected chi connectivity index (χ3v) is 2.56. The molecule has 1 N–H and O–H groups in total. The Morgan fingerprint density at radius 2 is 2.38 bits per heavy atom. The van der Waals surface area contributed by atoms with Gasteiger partial charge in [-0.25, -0.2) is 9.99 Å². The number of hydrazine groups is 1. The molecule has 0 atom stereocenters. The molecular weight excluding hydrogens is 226 g/mol. The first kappa shape index (κ1) is 12.9. The molecule has 0 bridgehead atoms. The maximum absolute atomic E-state index is 11.1. The molecule has 5 nitrogen and oxygen atoms in total. The zero-order valence-electron chi connectivity index (χ0n) is 9.82. The predicted octanol–water partition coefficient (Wildman–Crippen LogP) is 1.53. The molecule has 0 amide bonds. The number of nitrogens with one attached hydrogen (secondary N) is 1. The van der Waals surface area contributed by atoms with Crippen molar-refractivity contribution in [2.45, 2.75) is 19.8 Å². The average molecular weight is 243 g/mol. The molecule has 0 spiro atoms. The van der Waals surface area contributed by atoms with E-state index in [0.717, 1.165) is 10.8 Å². The summed E-state index contributed by atoms with van der Waals surface area (Å²) in [7, 11) is 3.80. The highest BCUT2D eigenvalue weighted by atomic mass is 32.1. The van der Waals surface area contributed by atoms with Crippen molar-refractivity contribution in [3.05, 3.63) is 11.1 Å². The van der Waals surface area contributed by atoms with Crippen molar-refractivity contribution in [1.29, 1.82) is 0 Å². The van der Waals surface area contributed by atoms with Gasteiger partial charge in [0, 0.05) is 25.9 Å². The Labute approximate surface area is 99.4 Å². The van der Waals surface area contributed by atoms with Gasteiger partial charge in [-0.05, 0) is 6.92 Å². The molecule has 0 saturated heterocycles. The van der Waals surface area contributed by atoms with Crippen LogP contribution in [0.2, 0.25) is 0 Å².